The summed E-state index contributed by atoms with van der Waals surface area (Å²) >= 11 is 0. The molecule has 7 rings (SSSR count). The molecule has 3 aliphatic carbocycles. The van der Waals surface area contributed by atoms with Gasteiger partial charge in [-0.2, -0.15) is 0 Å². The summed E-state index contributed by atoms with van der Waals surface area (Å²) in [6.45, 7) is 3.56. The van der Waals surface area contributed by atoms with E-state index in [0.29, 0.717) is 13.1 Å². The molecule has 1 aliphatic heterocycles. The molecule has 1 atom stereocenters. The molecule has 3 aromatic rings. The van der Waals surface area contributed by atoms with Crippen molar-refractivity contribution >= 4 is 11.5 Å². The average molecular weight is 411 g/mol. The molecular weight excluding hydrogens is 384 g/mol. The van der Waals surface area contributed by atoms with Gasteiger partial charge in [-0.3, -0.25) is 9.78 Å². The quantitative estimate of drug-likeness (QED) is 0.559. The minimum absolute atomic E-state index is 0.0303. The lowest BCUT2D eigenvalue weighted by Crippen LogP contribution is -2.39. The molecule has 1 amide bonds. The first kappa shape index (κ1) is 18.6. The maximum absolute atomic E-state index is 13.6. The number of carbonyl (C=O) groups is 1. The predicted molar refractivity (Wildman–Crippen MR) is 119 cm³/mol. The number of aromatic nitrogens is 1. The Bertz CT molecular complexity index is 1170. The van der Waals surface area contributed by atoms with E-state index < -0.39 is 0 Å². The molecule has 2 aromatic heterocycles. The summed E-state index contributed by atoms with van der Waals surface area (Å²) in [5, 5.41) is 0. The number of allylic oxidation sites excluding steroid dienone is 2. The van der Waals surface area contributed by atoms with Gasteiger partial charge >= 0.3 is 0 Å². The minimum atomic E-state index is 0.0303. The lowest BCUT2D eigenvalue weighted by molar-refractivity contribution is 0.0723. The molecule has 1 saturated carbocycles. The van der Waals surface area contributed by atoms with Crippen molar-refractivity contribution in [2.24, 2.45) is 11.3 Å². The molecule has 1 unspecified atom stereocenters. The highest BCUT2D eigenvalue weighted by atomic mass is 16.3. The Morgan fingerprint density at radius 3 is 2.90 bits per heavy atom. The molecule has 31 heavy (non-hydrogen) atoms. The van der Waals surface area contributed by atoms with Gasteiger partial charge in [0, 0.05) is 36.3 Å². The number of amides is 1. The number of rotatable bonds is 3. The normalized spacial score (nSPS) is 26.6. The summed E-state index contributed by atoms with van der Waals surface area (Å²) < 4.78 is 5.33. The smallest absolute Gasteiger partial charge is 0.254 e. The highest BCUT2D eigenvalue weighted by Crippen LogP contribution is 2.58. The van der Waals surface area contributed by atoms with Crippen molar-refractivity contribution in [3.05, 3.63) is 95.2 Å². The fraction of sp³-hybridized carbons (Fsp3) is 0.333. The van der Waals surface area contributed by atoms with Crippen molar-refractivity contribution in [3.63, 3.8) is 0 Å². The van der Waals surface area contributed by atoms with Crippen LogP contribution < -0.4 is 0 Å². The number of hydrogen-bond acceptors (Lipinski definition) is 3. The molecule has 3 heterocycles. The Morgan fingerprint density at radius 1 is 1.19 bits per heavy atom. The summed E-state index contributed by atoms with van der Waals surface area (Å²) in [4.78, 5) is 20.2. The molecule has 0 radical (unpaired) electrons. The van der Waals surface area contributed by atoms with Crippen molar-refractivity contribution in [2.45, 2.75) is 38.6 Å². The molecule has 1 aromatic carbocycles. The van der Waals surface area contributed by atoms with Crippen molar-refractivity contribution in [1.29, 1.82) is 0 Å². The van der Waals surface area contributed by atoms with E-state index in [1.807, 2.05) is 35.4 Å². The van der Waals surface area contributed by atoms with Crippen molar-refractivity contribution in [2.75, 3.05) is 6.54 Å². The standard InChI is InChI=1S/C27H26N2O2/c1-27-13-18(14-27)7-8-24(27)19-4-2-5-20(12-19)26(30)29-15-21-6-3-10-28-25(21)23(16-29)22-9-11-31-17-22/h2-6,8-12,17-18,23H,7,13-16H2,1H3. The van der Waals surface area contributed by atoms with Crippen LogP contribution in [0.25, 0.3) is 5.57 Å². The van der Waals surface area contributed by atoms with Crippen LogP contribution in [0.3, 0.4) is 0 Å². The number of fused-ring (bicyclic) bond motifs is 2. The summed E-state index contributed by atoms with van der Waals surface area (Å²) in [5.74, 6) is 0.973. The topological polar surface area (TPSA) is 46.3 Å². The molecule has 156 valence electrons. The Kier molecular flexibility index (Phi) is 4.17. The Hall–Kier alpha value is -3.14. The Balaban J connectivity index is 1.32. The zero-order chi connectivity index (χ0) is 21.0. The summed E-state index contributed by atoms with van der Waals surface area (Å²) in [5.41, 5.74) is 6.89. The van der Waals surface area contributed by atoms with Crippen LogP contribution in [-0.4, -0.2) is 22.3 Å². The second-order valence-electron chi connectivity index (χ2n) is 9.61. The van der Waals surface area contributed by atoms with Crippen LogP contribution in [0.15, 0.2) is 71.7 Å². The number of furan rings is 1. The van der Waals surface area contributed by atoms with Crippen molar-refractivity contribution < 1.29 is 9.21 Å². The number of benzene rings is 1. The lowest BCUT2D eigenvalue weighted by atomic mass is 9.54. The van der Waals surface area contributed by atoms with Crippen LogP contribution in [0.2, 0.25) is 0 Å². The summed E-state index contributed by atoms with van der Waals surface area (Å²) in [6.07, 6.45) is 11.4. The van der Waals surface area contributed by atoms with E-state index in [1.165, 1.54) is 30.4 Å². The second kappa shape index (κ2) is 6.94. The van der Waals surface area contributed by atoms with Crippen LogP contribution in [-0.2, 0) is 6.54 Å². The molecule has 0 N–H and O–H groups in total. The molecule has 4 aliphatic rings. The second-order valence-corrected chi connectivity index (χ2v) is 9.61. The lowest BCUT2D eigenvalue weighted by Gasteiger charge is -2.51. The van der Waals surface area contributed by atoms with Crippen LogP contribution in [0.1, 0.15) is 64.8 Å². The highest BCUT2D eigenvalue weighted by Gasteiger charge is 2.45. The fourth-order valence-corrected chi connectivity index (χ4v) is 5.97. The third-order valence-corrected chi connectivity index (χ3v) is 7.46. The van der Waals surface area contributed by atoms with Gasteiger partial charge in [0.1, 0.15) is 0 Å². The number of nitrogens with zero attached hydrogens (tertiary/aromatic N) is 2. The Labute approximate surface area is 182 Å². The maximum Gasteiger partial charge on any atom is 0.254 e. The van der Waals surface area contributed by atoms with E-state index in [9.17, 15) is 4.79 Å². The van der Waals surface area contributed by atoms with E-state index in [4.69, 9.17) is 4.42 Å². The maximum atomic E-state index is 13.6. The van der Waals surface area contributed by atoms with E-state index in [0.717, 1.165) is 28.3 Å². The SMILES string of the molecule is CC12CC(CC=C1c1cccc(C(=O)N3Cc4cccnc4C(c4ccoc4)C3)c1)C2. The number of carbonyl (C=O) groups excluding carboxylic acids is 1. The van der Waals surface area contributed by atoms with Gasteiger partial charge in [0.25, 0.3) is 5.91 Å². The first-order chi connectivity index (χ1) is 15.1. The van der Waals surface area contributed by atoms with Gasteiger partial charge in [0.2, 0.25) is 0 Å². The summed E-state index contributed by atoms with van der Waals surface area (Å²) in [6, 6.07) is 14.2. The zero-order valence-corrected chi connectivity index (χ0v) is 17.8. The van der Waals surface area contributed by atoms with Gasteiger partial charge in [0.15, 0.2) is 0 Å². The molecule has 0 saturated heterocycles. The van der Waals surface area contributed by atoms with Crippen LogP contribution >= 0.6 is 0 Å². The molecular formula is C27H26N2O2. The number of hydrogen-bond donors (Lipinski definition) is 0. The molecule has 2 bridgehead atoms. The van der Waals surface area contributed by atoms with Crippen molar-refractivity contribution in [3.8, 4) is 0 Å². The molecule has 4 nitrogen and oxygen atoms in total. The third kappa shape index (κ3) is 3.04. The third-order valence-electron chi connectivity index (χ3n) is 7.46. The average Bonchev–Trinajstić information content (AvgIpc) is 3.32. The molecule has 0 spiro atoms. The minimum Gasteiger partial charge on any atom is -0.472 e. The predicted octanol–water partition coefficient (Wildman–Crippen LogP) is 5.67. The van der Waals surface area contributed by atoms with Gasteiger partial charge in [0.05, 0.1) is 18.2 Å². The van der Waals surface area contributed by atoms with Gasteiger partial charge in [-0.05, 0) is 71.6 Å². The first-order valence-electron chi connectivity index (χ1n) is 11.2. The largest absolute Gasteiger partial charge is 0.472 e. The van der Waals surface area contributed by atoms with Crippen LogP contribution in [0.5, 0.6) is 0 Å². The van der Waals surface area contributed by atoms with Crippen molar-refractivity contribution in [1.82, 2.24) is 9.88 Å². The van der Waals surface area contributed by atoms with E-state index in [1.54, 1.807) is 12.5 Å². The van der Waals surface area contributed by atoms with Gasteiger partial charge in [-0.15, -0.1) is 0 Å². The van der Waals surface area contributed by atoms with Crippen LogP contribution in [0.4, 0.5) is 0 Å². The summed E-state index contributed by atoms with van der Waals surface area (Å²) in [7, 11) is 0. The monoisotopic (exact) mass is 410 g/mol. The van der Waals surface area contributed by atoms with Gasteiger partial charge in [-0.25, -0.2) is 0 Å². The van der Waals surface area contributed by atoms with E-state index in [-0.39, 0.29) is 17.2 Å². The molecule has 1 fully saturated rings. The Morgan fingerprint density at radius 2 is 2.10 bits per heavy atom. The molecule has 4 heteroatoms. The highest BCUT2D eigenvalue weighted by molar-refractivity contribution is 5.95. The fourth-order valence-electron chi connectivity index (χ4n) is 5.97. The zero-order valence-electron chi connectivity index (χ0n) is 17.8. The number of pyridine rings is 1. The van der Waals surface area contributed by atoms with Crippen LogP contribution in [0, 0.1) is 11.3 Å². The van der Waals surface area contributed by atoms with Gasteiger partial charge < -0.3 is 9.32 Å². The van der Waals surface area contributed by atoms with E-state index >= 15 is 0 Å². The van der Waals surface area contributed by atoms with Gasteiger partial charge in [-0.1, -0.05) is 31.2 Å². The first-order valence-corrected chi connectivity index (χ1v) is 11.2. The van der Waals surface area contributed by atoms with E-state index in [2.05, 4.69) is 36.2 Å².